The summed E-state index contributed by atoms with van der Waals surface area (Å²) in [6.07, 6.45) is 1.28. The fraction of sp³-hybridized carbons (Fsp3) is 0.250. The summed E-state index contributed by atoms with van der Waals surface area (Å²) in [7, 11) is 0. The number of benzene rings is 2. The van der Waals surface area contributed by atoms with Crippen LogP contribution >= 0.6 is 11.3 Å². The van der Waals surface area contributed by atoms with Crippen molar-refractivity contribution in [3.63, 3.8) is 0 Å². The van der Waals surface area contributed by atoms with Gasteiger partial charge < -0.3 is 10.2 Å². The number of carbonyl (C=O) groups is 2. The number of nitro benzene ring substituents is 1. The molecule has 1 N–H and O–H groups in total. The summed E-state index contributed by atoms with van der Waals surface area (Å²) in [5.41, 5.74) is 1.53. The third-order valence-corrected chi connectivity index (χ3v) is 5.93. The number of aryl methyl sites for hydroxylation is 1. The first-order valence-electron chi connectivity index (χ1n) is 9.16. The Morgan fingerprint density at radius 2 is 2.07 bits per heavy atom. The average molecular weight is 410 g/mol. The Morgan fingerprint density at radius 1 is 1.28 bits per heavy atom. The van der Waals surface area contributed by atoms with Gasteiger partial charge in [-0.15, -0.1) is 0 Å². The van der Waals surface area contributed by atoms with E-state index in [0.29, 0.717) is 29.2 Å². The van der Waals surface area contributed by atoms with Crippen LogP contribution in [0.1, 0.15) is 28.8 Å². The number of nitrogens with zero attached hydrogens (tertiary/aromatic N) is 3. The molecule has 2 heterocycles. The number of rotatable bonds is 4. The van der Waals surface area contributed by atoms with Gasteiger partial charge in [0.2, 0.25) is 5.91 Å². The van der Waals surface area contributed by atoms with Gasteiger partial charge >= 0.3 is 0 Å². The summed E-state index contributed by atoms with van der Waals surface area (Å²) in [6.45, 7) is 2.06. The van der Waals surface area contributed by atoms with Crippen molar-refractivity contribution in [2.24, 2.45) is 0 Å². The van der Waals surface area contributed by atoms with Crippen molar-refractivity contribution in [1.82, 2.24) is 9.88 Å². The third kappa shape index (κ3) is 3.68. The molecule has 3 aromatic rings. The Balaban J connectivity index is 1.52. The summed E-state index contributed by atoms with van der Waals surface area (Å²) < 4.78 is 0.975. The molecule has 0 aliphatic carbocycles. The van der Waals surface area contributed by atoms with Crippen molar-refractivity contribution in [1.29, 1.82) is 0 Å². The number of hydrogen-bond donors (Lipinski definition) is 1. The summed E-state index contributed by atoms with van der Waals surface area (Å²) in [5.74, 6) is -0.571. The Kier molecular flexibility index (Phi) is 4.98. The molecular weight excluding hydrogens is 392 g/mol. The van der Waals surface area contributed by atoms with Crippen LogP contribution in [0.4, 0.5) is 10.8 Å². The topological polar surface area (TPSA) is 105 Å². The second-order valence-corrected chi connectivity index (χ2v) is 7.92. The molecule has 0 saturated carbocycles. The second kappa shape index (κ2) is 7.59. The van der Waals surface area contributed by atoms with Crippen LogP contribution in [0.5, 0.6) is 0 Å². The molecule has 1 unspecified atom stereocenters. The van der Waals surface area contributed by atoms with Gasteiger partial charge in [-0.1, -0.05) is 23.5 Å². The second-order valence-electron chi connectivity index (χ2n) is 6.89. The lowest BCUT2D eigenvalue weighted by Gasteiger charge is -2.23. The van der Waals surface area contributed by atoms with Crippen molar-refractivity contribution in [2.45, 2.75) is 25.8 Å². The number of carbonyl (C=O) groups excluding carboxylic acids is 2. The number of likely N-dealkylation sites (tertiary alicyclic amines) is 1. The van der Waals surface area contributed by atoms with Crippen molar-refractivity contribution in [3.8, 4) is 0 Å². The lowest BCUT2D eigenvalue weighted by atomic mass is 10.1. The standard InChI is InChI=1S/C20H18N4O4S/c1-12-11-13(8-9-15(12)24(27)28)19(26)23-10-4-6-16(23)18(25)22-20-21-14-5-2-3-7-17(14)29-20/h2-3,5,7-9,11,16H,4,6,10H2,1H3,(H,21,22,25). The third-order valence-electron chi connectivity index (χ3n) is 4.98. The minimum absolute atomic E-state index is 0.0342. The van der Waals surface area contributed by atoms with E-state index in [2.05, 4.69) is 10.3 Å². The van der Waals surface area contributed by atoms with Gasteiger partial charge in [-0.05, 0) is 44.0 Å². The minimum Gasteiger partial charge on any atom is -0.327 e. The molecular formula is C20H18N4O4S. The van der Waals surface area contributed by atoms with E-state index in [1.807, 2.05) is 24.3 Å². The Labute approximate surface area is 170 Å². The van der Waals surface area contributed by atoms with E-state index in [-0.39, 0.29) is 17.5 Å². The molecule has 1 fully saturated rings. The van der Waals surface area contributed by atoms with Crippen LogP contribution in [0.15, 0.2) is 42.5 Å². The molecule has 2 aromatic carbocycles. The summed E-state index contributed by atoms with van der Waals surface area (Å²) in [4.78, 5) is 42.2. The van der Waals surface area contributed by atoms with Gasteiger partial charge in [0.1, 0.15) is 6.04 Å². The molecule has 0 spiro atoms. The zero-order chi connectivity index (χ0) is 20.5. The highest BCUT2D eigenvalue weighted by atomic mass is 32.1. The van der Waals surface area contributed by atoms with Crippen molar-refractivity contribution >= 4 is 44.2 Å². The fourth-order valence-electron chi connectivity index (χ4n) is 3.56. The first kappa shape index (κ1) is 19.0. The Morgan fingerprint density at radius 3 is 2.79 bits per heavy atom. The molecule has 148 valence electrons. The van der Waals surface area contributed by atoms with Crippen molar-refractivity contribution in [2.75, 3.05) is 11.9 Å². The Hall–Kier alpha value is -3.33. The molecule has 29 heavy (non-hydrogen) atoms. The maximum absolute atomic E-state index is 13.0. The van der Waals surface area contributed by atoms with Crippen molar-refractivity contribution < 1.29 is 14.5 Å². The number of nitrogens with one attached hydrogen (secondary N) is 1. The van der Waals surface area contributed by atoms with Gasteiger partial charge in [-0.3, -0.25) is 19.7 Å². The predicted octanol–water partition coefficient (Wildman–Crippen LogP) is 3.76. The molecule has 0 radical (unpaired) electrons. The maximum atomic E-state index is 13.0. The highest BCUT2D eigenvalue weighted by Crippen LogP contribution is 2.28. The highest BCUT2D eigenvalue weighted by Gasteiger charge is 2.35. The van der Waals surface area contributed by atoms with Crippen molar-refractivity contribution in [3.05, 3.63) is 63.7 Å². The number of amides is 2. The highest BCUT2D eigenvalue weighted by molar-refractivity contribution is 7.22. The maximum Gasteiger partial charge on any atom is 0.272 e. The van der Waals surface area contributed by atoms with E-state index in [9.17, 15) is 19.7 Å². The van der Waals surface area contributed by atoms with E-state index < -0.39 is 11.0 Å². The molecule has 1 aliphatic heterocycles. The minimum atomic E-state index is -0.593. The van der Waals surface area contributed by atoms with Crippen LogP contribution in [-0.4, -0.2) is 39.2 Å². The normalized spacial score (nSPS) is 16.2. The van der Waals surface area contributed by atoms with E-state index >= 15 is 0 Å². The van der Waals surface area contributed by atoms with Gasteiger partial charge in [-0.2, -0.15) is 0 Å². The summed E-state index contributed by atoms with van der Waals surface area (Å²) in [6, 6.07) is 11.3. The van der Waals surface area contributed by atoms with E-state index in [4.69, 9.17) is 0 Å². The van der Waals surface area contributed by atoms with Gasteiger partial charge in [0, 0.05) is 23.7 Å². The molecule has 8 nitrogen and oxygen atoms in total. The van der Waals surface area contributed by atoms with Crippen LogP contribution in [0, 0.1) is 17.0 Å². The fourth-order valence-corrected chi connectivity index (χ4v) is 4.42. The molecule has 4 rings (SSSR count). The van der Waals surface area contributed by atoms with Crippen LogP contribution in [0.3, 0.4) is 0 Å². The van der Waals surface area contributed by atoms with Gasteiger partial charge in [-0.25, -0.2) is 4.98 Å². The molecule has 1 aliphatic rings. The lowest BCUT2D eigenvalue weighted by molar-refractivity contribution is -0.385. The average Bonchev–Trinajstić information content (AvgIpc) is 3.33. The number of thiazole rings is 1. The van der Waals surface area contributed by atoms with E-state index in [1.165, 1.54) is 34.4 Å². The monoisotopic (exact) mass is 410 g/mol. The SMILES string of the molecule is Cc1cc(C(=O)N2CCCC2C(=O)Nc2nc3ccccc3s2)ccc1[N+](=O)[O-]. The zero-order valence-corrected chi connectivity index (χ0v) is 16.4. The van der Waals surface area contributed by atoms with Crippen LogP contribution in [-0.2, 0) is 4.79 Å². The van der Waals surface area contributed by atoms with Crippen LogP contribution < -0.4 is 5.32 Å². The van der Waals surface area contributed by atoms with Gasteiger partial charge in [0.25, 0.3) is 11.6 Å². The molecule has 0 bridgehead atoms. The number of fused-ring (bicyclic) bond motifs is 1. The smallest absolute Gasteiger partial charge is 0.272 e. The molecule has 1 atom stereocenters. The number of hydrogen-bond acceptors (Lipinski definition) is 6. The lowest BCUT2D eigenvalue weighted by Crippen LogP contribution is -2.43. The number of nitro groups is 1. The van der Waals surface area contributed by atoms with Gasteiger partial charge in [0.15, 0.2) is 5.13 Å². The molecule has 2 amide bonds. The number of aromatic nitrogens is 1. The van der Waals surface area contributed by atoms with Gasteiger partial charge in [0.05, 0.1) is 15.1 Å². The largest absolute Gasteiger partial charge is 0.327 e. The molecule has 1 aromatic heterocycles. The predicted molar refractivity (Wildman–Crippen MR) is 110 cm³/mol. The number of para-hydroxylation sites is 1. The van der Waals surface area contributed by atoms with Crippen LogP contribution in [0.2, 0.25) is 0 Å². The summed E-state index contributed by atoms with van der Waals surface area (Å²) >= 11 is 1.39. The molecule has 1 saturated heterocycles. The summed E-state index contributed by atoms with van der Waals surface area (Å²) in [5, 5.41) is 14.3. The van der Waals surface area contributed by atoms with Crippen LogP contribution in [0.25, 0.3) is 10.2 Å². The van der Waals surface area contributed by atoms with E-state index in [0.717, 1.165) is 16.6 Å². The quantitative estimate of drug-likeness (QED) is 0.521. The Bertz CT molecular complexity index is 1090. The first-order valence-corrected chi connectivity index (χ1v) is 9.98. The van der Waals surface area contributed by atoms with E-state index in [1.54, 1.807) is 6.92 Å². The zero-order valence-electron chi connectivity index (χ0n) is 15.6. The number of anilines is 1. The first-order chi connectivity index (χ1) is 13.9. The molecule has 9 heteroatoms.